The Morgan fingerprint density at radius 2 is 1.80 bits per heavy atom. The molecule has 0 bridgehead atoms. The second-order valence-corrected chi connectivity index (χ2v) is 4.18. The third-order valence-corrected chi connectivity index (χ3v) is 2.91. The Hall–Kier alpha value is -2.08. The largest absolute Gasteiger partial charge is 0.497 e. The zero-order valence-corrected chi connectivity index (χ0v) is 10.7. The molecular weight excluding hydrogens is 269 g/mol. The minimum Gasteiger partial charge on any atom is -0.497 e. The lowest BCUT2D eigenvalue weighted by atomic mass is 10.00. The van der Waals surface area contributed by atoms with Gasteiger partial charge in [0.2, 0.25) is 0 Å². The molecule has 3 nitrogen and oxygen atoms in total. The average molecular weight is 282 g/mol. The Morgan fingerprint density at radius 3 is 2.35 bits per heavy atom. The summed E-state index contributed by atoms with van der Waals surface area (Å²) < 4.78 is 43.8. The van der Waals surface area contributed by atoms with Crippen molar-refractivity contribution in [3.63, 3.8) is 0 Å². The van der Waals surface area contributed by atoms with E-state index in [0.717, 1.165) is 6.07 Å². The van der Waals surface area contributed by atoms with Gasteiger partial charge >= 0.3 is 6.18 Å². The van der Waals surface area contributed by atoms with E-state index in [1.165, 1.54) is 19.4 Å². The monoisotopic (exact) mass is 282 g/mol. The highest BCUT2D eigenvalue weighted by Crippen LogP contribution is 2.34. The van der Waals surface area contributed by atoms with Gasteiger partial charge in [-0.15, -0.1) is 0 Å². The standard InChI is InChI=1S/C14H13F3N2O/c1-20-10-6-4-9(5-7-10)12(18)13-11(14(15,16)17)3-2-8-19-13/h2-8,12H,18H2,1H3. The van der Waals surface area contributed by atoms with Crippen LogP contribution in [0.25, 0.3) is 0 Å². The van der Waals surface area contributed by atoms with Crippen LogP contribution in [0.5, 0.6) is 5.75 Å². The number of hydrogen-bond acceptors (Lipinski definition) is 3. The van der Waals surface area contributed by atoms with E-state index in [0.29, 0.717) is 11.3 Å². The molecule has 0 fully saturated rings. The fourth-order valence-corrected chi connectivity index (χ4v) is 1.87. The Kier molecular flexibility index (Phi) is 3.94. The van der Waals surface area contributed by atoms with Gasteiger partial charge in [-0.25, -0.2) is 0 Å². The Labute approximate surface area is 114 Å². The van der Waals surface area contributed by atoms with Crippen molar-refractivity contribution in [3.8, 4) is 5.75 Å². The fourth-order valence-electron chi connectivity index (χ4n) is 1.87. The van der Waals surface area contributed by atoms with Crippen molar-refractivity contribution in [1.82, 2.24) is 4.98 Å². The van der Waals surface area contributed by atoms with E-state index in [4.69, 9.17) is 10.5 Å². The maximum atomic E-state index is 12.9. The molecule has 0 aliphatic rings. The number of alkyl halides is 3. The van der Waals surface area contributed by atoms with E-state index in [1.807, 2.05) is 0 Å². The zero-order chi connectivity index (χ0) is 14.8. The predicted molar refractivity (Wildman–Crippen MR) is 68.3 cm³/mol. The van der Waals surface area contributed by atoms with Crippen molar-refractivity contribution >= 4 is 0 Å². The lowest BCUT2D eigenvalue weighted by Crippen LogP contribution is -2.20. The number of hydrogen-bond donors (Lipinski definition) is 1. The predicted octanol–water partition coefficient (Wildman–Crippen LogP) is 3.16. The molecule has 0 aliphatic heterocycles. The maximum absolute atomic E-state index is 12.9. The van der Waals surface area contributed by atoms with Crippen LogP contribution in [0.3, 0.4) is 0 Å². The molecule has 0 radical (unpaired) electrons. The lowest BCUT2D eigenvalue weighted by molar-refractivity contribution is -0.138. The topological polar surface area (TPSA) is 48.1 Å². The van der Waals surface area contributed by atoms with E-state index < -0.39 is 17.8 Å². The molecule has 0 amide bonds. The van der Waals surface area contributed by atoms with Crippen molar-refractivity contribution < 1.29 is 17.9 Å². The van der Waals surface area contributed by atoms with Gasteiger partial charge < -0.3 is 10.5 Å². The number of benzene rings is 1. The summed E-state index contributed by atoms with van der Waals surface area (Å²) in [5, 5.41) is 0. The Balaban J connectivity index is 2.40. The van der Waals surface area contributed by atoms with Crippen LogP contribution in [0.2, 0.25) is 0 Å². The molecule has 1 atom stereocenters. The van der Waals surface area contributed by atoms with Crippen molar-refractivity contribution in [1.29, 1.82) is 0 Å². The van der Waals surface area contributed by atoms with Crippen molar-refractivity contribution in [2.75, 3.05) is 7.11 Å². The van der Waals surface area contributed by atoms with Gasteiger partial charge in [0.25, 0.3) is 0 Å². The number of pyridine rings is 1. The minimum atomic E-state index is -4.48. The molecule has 1 aromatic heterocycles. The second kappa shape index (κ2) is 5.50. The summed E-state index contributed by atoms with van der Waals surface area (Å²) in [5.74, 6) is 0.609. The number of ether oxygens (including phenoxy) is 1. The number of halogens is 3. The van der Waals surface area contributed by atoms with Crippen LogP contribution >= 0.6 is 0 Å². The van der Waals surface area contributed by atoms with Crippen molar-refractivity contribution in [2.45, 2.75) is 12.2 Å². The van der Waals surface area contributed by atoms with Gasteiger partial charge in [0.15, 0.2) is 0 Å². The molecule has 1 heterocycles. The van der Waals surface area contributed by atoms with E-state index in [9.17, 15) is 13.2 Å². The Morgan fingerprint density at radius 1 is 1.15 bits per heavy atom. The van der Waals surface area contributed by atoms with Crippen molar-refractivity contribution in [3.05, 3.63) is 59.4 Å². The summed E-state index contributed by atoms with van der Waals surface area (Å²) >= 11 is 0. The number of methoxy groups -OCH3 is 1. The molecular formula is C14H13F3N2O. The molecule has 0 saturated heterocycles. The first kappa shape index (κ1) is 14.3. The van der Waals surface area contributed by atoms with Crippen LogP contribution < -0.4 is 10.5 Å². The molecule has 106 valence electrons. The molecule has 0 spiro atoms. The van der Waals surface area contributed by atoms with Crippen LogP contribution in [0.15, 0.2) is 42.6 Å². The van der Waals surface area contributed by atoms with E-state index in [2.05, 4.69) is 4.98 Å². The zero-order valence-electron chi connectivity index (χ0n) is 10.7. The second-order valence-electron chi connectivity index (χ2n) is 4.18. The van der Waals surface area contributed by atoms with Crippen molar-refractivity contribution in [2.24, 2.45) is 5.73 Å². The molecule has 2 rings (SSSR count). The van der Waals surface area contributed by atoms with E-state index in [-0.39, 0.29) is 5.69 Å². The summed E-state index contributed by atoms with van der Waals surface area (Å²) in [6, 6.07) is 7.81. The lowest BCUT2D eigenvalue weighted by Gasteiger charge is -2.17. The summed E-state index contributed by atoms with van der Waals surface area (Å²) in [5.41, 5.74) is 5.43. The third kappa shape index (κ3) is 2.91. The quantitative estimate of drug-likeness (QED) is 0.940. The number of aromatic nitrogens is 1. The SMILES string of the molecule is COc1ccc(C(N)c2ncccc2C(F)(F)F)cc1. The van der Waals surface area contributed by atoms with Crippen LogP contribution in [0.1, 0.15) is 22.9 Å². The van der Waals surface area contributed by atoms with E-state index >= 15 is 0 Å². The molecule has 1 unspecified atom stereocenters. The van der Waals surface area contributed by atoms with Gasteiger partial charge in [-0.05, 0) is 29.8 Å². The third-order valence-electron chi connectivity index (χ3n) is 2.91. The molecule has 0 saturated carbocycles. The van der Waals surface area contributed by atoms with Gasteiger partial charge in [-0.1, -0.05) is 12.1 Å². The number of rotatable bonds is 3. The first-order valence-corrected chi connectivity index (χ1v) is 5.85. The molecule has 2 N–H and O–H groups in total. The van der Waals surface area contributed by atoms with Gasteiger partial charge in [-0.3, -0.25) is 4.98 Å². The van der Waals surface area contributed by atoms with Crippen LogP contribution in [0, 0.1) is 0 Å². The molecule has 0 aliphatic carbocycles. The highest BCUT2D eigenvalue weighted by Gasteiger charge is 2.35. The first-order valence-electron chi connectivity index (χ1n) is 5.85. The van der Waals surface area contributed by atoms with Crippen LogP contribution in [-0.4, -0.2) is 12.1 Å². The van der Waals surface area contributed by atoms with Gasteiger partial charge in [-0.2, -0.15) is 13.2 Å². The highest BCUT2D eigenvalue weighted by atomic mass is 19.4. The van der Waals surface area contributed by atoms with Crippen LogP contribution in [-0.2, 0) is 6.18 Å². The maximum Gasteiger partial charge on any atom is 0.418 e. The summed E-state index contributed by atoms with van der Waals surface area (Å²) in [6.45, 7) is 0. The van der Waals surface area contributed by atoms with Crippen LogP contribution in [0.4, 0.5) is 13.2 Å². The summed E-state index contributed by atoms with van der Waals surface area (Å²) in [6.07, 6.45) is -3.18. The van der Waals surface area contributed by atoms with Gasteiger partial charge in [0.05, 0.1) is 24.4 Å². The number of nitrogens with two attached hydrogens (primary N) is 1. The minimum absolute atomic E-state index is 0.190. The van der Waals surface area contributed by atoms with E-state index in [1.54, 1.807) is 24.3 Å². The van der Waals surface area contributed by atoms with Gasteiger partial charge in [0.1, 0.15) is 5.75 Å². The average Bonchev–Trinajstić information content (AvgIpc) is 2.46. The summed E-state index contributed by atoms with van der Waals surface area (Å²) in [7, 11) is 1.51. The Bertz CT molecular complexity index is 582. The molecule has 1 aromatic carbocycles. The molecule has 20 heavy (non-hydrogen) atoms. The highest BCUT2D eigenvalue weighted by molar-refractivity contribution is 5.36. The summed E-state index contributed by atoms with van der Waals surface area (Å²) in [4.78, 5) is 3.79. The fraction of sp³-hybridized carbons (Fsp3) is 0.214. The first-order chi connectivity index (χ1) is 9.43. The molecule has 2 aromatic rings. The normalized spacial score (nSPS) is 13.1. The number of nitrogens with zero attached hydrogens (tertiary/aromatic N) is 1. The van der Waals surface area contributed by atoms with Gasteiger partial charge in [0, 0.05) is 6.20 Å². The smallest absolute Gasteiger partial charge is 0.418 e. The molecule has 6 heteroatoms.